The summed E-state index contributed by atoms with van der Waals surface area (Å²) in [7, 11) is 0. The molecule has 0 saturated heterocycles. The Morgan fingerprint density at radius 1 is 1.19 bits per heavy atom. The summed E-state index contributed by atoms with van der Waals surface area (Å²) in [5.41, 5.74) is 4.54. The summed E-state index contributed by atoms with van der Waals surface area (Å²) in [6.07, 6.45) is 1.96. The van der Waals surface area contributed by atoms with E-state index in [4.69, 9.17) is 21.3 Å². The Balaban J connectivity index is 1.91. The van der Waals surface area contributed by atoms with E-state index in [0.29, 0.717) is 5.02 Å². The van der Waals surface area contributed by atoms with Crippen LogP contribution in [-0.2, 0) is 9.53 Å². The fourth-order valence-electron chi connectivity index (χ4n) is 3.78. The number of halogens is 1. The Hall–Kier alpha value is -2.44. The lowest BCUT2D eigenvalue weighted by molar-refractivity contribution is -0.155. The van der Waals surface area contributed by atoms with Gasteiger partial charge >= 0.3 is 5.97 Å². The van der Waals surface area contributed by atoms with Crippen molar-refractivity contribution < 1.29 is 9.53 Å². The summed E-state index contributed by atoms with van der Waals surface area (Å²) in [5.74, 6) is 0.469. The van der Waals surface area contributed by atoms with Crippen LogP contribution in [0.1, 0.15) is 66.3 Å². The first-order valence-electron chi connectivity index (χ1n) is 10.3. The number of aliphatic imine (C=N–C) groups is 1. The third kappa shape index (κ3) is 4.19. The van der Waals surface area contributed by atoms with Crippen LogP contribution < -0.4 is 0 Å². The summed E-state index contributed by atoms with van der Waals surface area (Å²) in [6.45, 7) is 11.9. The fraction of sp³-hybridized carbons (Fsp3) is 0.375. The van der Waals surface area contributed by atoms with Crippen LogP contribution in [0.4, 0.5) is 0 Å². The van der Waals surface area contributed by atoms with Gasteiger partial charge in [0.1, 0.15) is 22.5 Å². The highest BCUT2D eigenvalue weighted by molar-refractivity contribution is 7.15. The normalized spacial score (nSPS) is 15.7. The second-order valence-corrected chi connectivity index (χ2v) is 10.5. The van der Waals surface area contributed by atoms with Crippen molar-refractivity contribution in [1.82, 2.24) is 9.55 Å². The molecule has 0 radical (unpaired) electrons. The highest BCUT2D eigenvalue weighted by Crippen LogP contribution is 2.40. The lowest BCUT2D eigenvalue weighted by atomic mass is 9.99. The predicted molar refractivity (Wildman–Crippen MR) is 126 cm³/mol. The molecule has 0 amide bonds. The van der Waals surface area contributed by atoms with Crippen molar-refractivity contribution in [1.29, 1.82) is 0 Å². The molecule has 1 aliphatic heterocycles. The summed E-state index contributed by atoms with van der Waals surface area (Å²) in [4.78, 5) is 23.7. The Morgan fingerprint density at radius 2 is 1.87 bits per heavy atom. The van der Waals surface area contributed by atoms with Gasteiger partial charge < -0.3 is 4.74 Å². The third-order valence-electron chi connectivity index (χ3n) is 5.25. The number of esters is 1. The van der Waals surface area contributed by atoms with E-state index in [0.717, 1.165) is 33.4 Å². The Kier molecular flexibility index (Phi) is 5.56. The van der Waals surface area contributed by atoms with Crippen LogP contribution in [0.15, 0.2) is 35.5 Å². The number of fused-ring (bicyclic) bond motifs is 3. The van der Waals surface area contributed by atoms with Crippen LogP contribution in [0.3, 0.4) is 0 Å². The zero-order valence-electron chi connectivity index (χ0n) is 18.6. The molecular formula is C24H26ClN3O2S. The van der Waals surface area contributed by atoms with Crippen LogP contribution in [0.2, 0.25) is 5.02 Å². The van der Waals surface area contributed by atoms with Gasteiger partial charge in [-0.3, -0.25) is 14.4 Å². The number of aryl methyl sites for hydroxylation is 2. The minimum Gasteiger partial charge on any atom is -0.460 e. The van der Waals surface area contributed by atoms with Crippen LogP contribution in [0.25, 0.3) is 5.00 Å². The second-order valence-electron chi connectivity index (χ2n) is 8.85. The van der Waals surface area contributed by atoms with Crippen LogP contribution >= 0.6 is 22.9 Å². The molecule has 31 heavy (non-hydrogen) atoms. The molecule has 5 nitrogen and oxygen atoms in total. The van der Waals surface area contributed by atoms with E-state index in [1.54, 1.807) is 11.3 Å². The molecule has 3 aromatic rings. The quantitative estimate of drug-likeness (QED) is 0.446. The molecule has 0 saturated carbocycles. The van der Waals surface area contributed by atoms with Crippen LogP contribution in [-0.4, -0.2) is 26.8 Å². The average Bonchev–Trinajstić information content (AvgIpc) is 3.14. The number of ether oxygens (including phenoxy) is 1. The molecule has 1 atom stereocenters. The molecule has 0 unspecified atom stereocenters. The first-order valence-corrected chi connectivity index (χ1v) is 11.4. The molecule has 7 heteroatoms. The zero-order valence-corrected chi connectivity index (χ0v) is 20.2. The number of imidazole rings is 1. The van der Waals surface area contributed by atoms with Crippen molar-refractivity contribution in [3.8, 4) is 5.00 Å². The molecule has 0 N–H and O–H groups in total. The monoisotopic (exact) mass is 455 g/mol. The lowest BCUT2D eigenvalue weighted by Gasteiger charge is -2.21. The second kappa shape index (κ2) is 7.92. The van der Waals surface area contributed by atoms with Gasteiger partial charge in [0.2, 0.25) is 0 Å². The number of thiophene rings is 1. The van der Waals surface area contributed by atoms with Crippen LogP contribution in [0.5, 0.6) is 0 Å². The number of rotatable bonds is 3. The standard InChI is InChI=1S/C24H26ClN3O2S/c1-13-12-26-22-18(11-19(29)30-24(4,5)6)27-21(16-7-9-17(25)10-8-16)20-14(2)15(3)31-23(20)28(13)22/h7-10,12,18H,11H2,1-6H3/t18-/m0/s1. The van der Waals surface area contributed by atoms with Gasteiger partial charge in [-0.05, 0) is 59.2 Å². The molecule has 4 rings (SSSR count). The van der Waals surface area contributed by atoms with E-state index >= 15 is 0 Å². The Labute approximate surface area is 191 Å². The molecule has 0 spiro atoms. The maximum absolute atomic E-state index is 12.7. The summed E-state index contributed by atoms with van der Waals surface area (Å²) in [6, 6.07) is 7.23. The van der Waals surface area contributed by atoms with Gasteiger partial charge in [0, 0.05) is 32.9 Å². The predicted octanol–water partition coefficient (Wildman–Crippen LogP) is 6.14. The Morgan fingerprint density at radius 3 is 2.52 bits per heavy atom. The van der Waals surface area contributed by atoms with Gasteiger partial charge in [0.15, 0.2) is 0 Å². The topological polar surface area (TPSA) is 56.5 Å². The van der Waals surface area contributed by atoms with Crippen molar-refractivity contribution in [3.63, 3.8) is 0 Å². The molecule has 0 bridgehead atoms. The SMILES string of the molecule is Cc1sc2c(c1C)C(c1ccc(Cl)cc1)=N[C@@H](CC(=O)OC(C)(C)C)c1ncc(C)n1-2. The number of nitrogens with zero attached hydrogens (tertiary/aromatic N) is 3. The van der Waals surface area contributed by atoms with E-state index < -0.39 is 11.6 Å². The molecule has 0 fully saturated rings. The number of benzene rings is 1. The first kappa shape index (κ1) is 21.8. The van der Waals surface area contributed by atoms with Gasteiger partial charge in [-0.1, -0.05) is 23.7 Å². The molecule has 1 aromatic carbocycles. The molecule has 0 aliphatic carbocycles. The smallest absolute Gasteiger partial charge is 0.308 e. The van der Waals surface area contributed by atoms with E-state index in [1.807, 2.05) is 58.2 Å². The largest absolute Gasteiger partial charge is 0.460 e. The lowest BCUT2D eigenvalue weighted by Crippen LogP contribution is -2.25. The molecule has 3 heterocycles. The van der Waals surface area contributed by atoms with E-state index in [-0.39, 0.29) is 12.4 Å². The van der Waals surface area contributed by atoms with Crippen molar-refractivity contribution in [2.75, 3.05) is 0 Å². The van der Waals surface area contributed by atoms with Crippen molar-refractivity contribution in [3.05, 3.63) is 68.6 Å². The van der Waals surface area contributed by atoms with Crippen LogP contribution in [0, 0.1) is 20.8 Å². The van der Waals surface area contributed by atoms with Crippen molar-refractivity contribution in [2.45, 2.75) is 59.6 Å². The molecule has 2 aromatic heterocycles. The number of carbonyl (C=O) groups excluding carboxylic acids is 1. The van der Waals surface area contributed by atoms with Gasteiger partial charge in [-0.2, -0.15) is 0 Å². The minimum absolute atomic E-state index is 0.123. The highest BCUT2D eigenvalue weighted by Gasteiger charge is 2.32. The van der Waals surface area contributed by atoms with E-state index in [1.165, 1.54) is 10.4 Å². The summed E-state index contributed by atoms with van der Waals surface area (Å²) in [5, 5.41) is 1.76. The van der Waals surface area contributed by atoms with Gasteiger partial charge in [-0.15, -0.1) is 11.3 Å². The number of aromatic nitrogens is 2. The van der Waals surface area contributed by atoms with Gasteiger partial charge in [0.25, 0.3) is 0 Å². The molecule has 1 aliphatic rings. The molecular weight excluding hydrogens is 430 g/mol. The van der Waals surface area contributed by atoms with Crippen molar-refractivity contribution >= 4 is 34.6 Å². The maximum atomic E-state index is 12.7. The summed E-state index contributed by atoms with van der Waals surface area (Å²) < 4.78 is 7.74. The number of carbonyl (C=O) groups is 1. The zero-order chi connectivity index (χ0) is 22.5. The number of hydrogen-bond acceptors (Lipinski definition) is 5. The molecule has 162 valence electrons. The summed E-state index contributed by atoms with van der Waals surface area (Å²) >= 11 is 7.86. The Bertz CT molecular complexity index is 1180. The average molecular weight is 456 g/mol. The van der Waals surface area contributed by atoms with Gasteiger partial charge in [0.05, 0.1) is 12.1 Å². The number of hydrogen-bond donors (Lipinski definition) is 0. The van der Waals surface area contributed by atoms with E-state index in [2.05, 4.69) is 23.4 Å². The first-order chi connectivity index (χ1) is 14.5. The third-order valence-corrected chi connectivity index (χ3v) is 6.70. The van der Waals surface area contributed by atoms with E-state index in [9.17, 15) is 4.79 Å². The van der Waals surface area contributed by atoms with Crippen molar-refractivity contribution in [2.24, 2.45) is 4.99 Å². The maximum Gasteiger partial charge on any atom is 0.308 e. The fourth-order valence-corrected chi connectivity index (χ4v) is 5.13. The minimum atomic E-state index is -0.553. The highest BCUT2D eigenvalue weighted by atomic mass is 35.5. The van der Waals surface area contributed by atoms with Gasteiger partial charge in [-0.25, -0.2) is 4.98 Å².